The minimum atomic E-state index is -0.00667. The molecule has 2 saturated heterocycles. The SMILES string of the molecule is Cc1ccc(N2CC(OCCOC3CCCCO3)C2)cc1. The molecule has 0 amide bonds. The van der Waals surface area contributed by atoms with Gasteiger partial charge in [0, 0.05) is 25.4 Å². The summed E-state index contributed by atoms with van der Waals surface area (Å²) in [6.07, 6.45) is 3.72. The van der Waals surface area contributed by atoms with E-state index < -0.39 is 0 Å². The summed E-state index contributed by atoms with van der Waals surface area (Å²) in [6, 6.07) is 8.66. The Morgan fingerprint density at radius 3 is 2.57 bits per heavy atom. The molecular weight excluding hydrogens is 266 g/mol. The Bertz CT molecular complexity index is 422. The van der Waals surface area contributed by atoms with E-state index in [4.69, 9.17) is 14.2 Å². The molecule has 1 unspecified atom stereocenters. The molecule has 21 heavy (non-hydrogen) atoms. The summed E-state index contributed by atoms with van der Waals surface area (Å²) in [4.78, 5) is 2.34. The summed E-state index contributed by atoms with van der Waals surface area (Å²) >= 11 is 0. The Morgan fingerprint density at radius 2 is 1.86 bits per heavy atom. The van der Waals surface area contributed by atoms with Crippen LogP contribution in [0, 0.1) is 6.92 Å². The maximum absolute atomic E-state index is 5.82. The van der Waals surface area contributed by atoms with Crippen molar-refractivity contribution in [2.45, 2.75) is 38.6 Å². The third kappa shape index (κ3) is 4.19. The molecule has 2 aliphatic rings. The second-order valence-corrected chi connectivity index (χ2v) is 5.90. The van der Waals surface area contributed by atoms with Crippen molar-refractivity contribution >= 4 is 5.69 Å². The van der Waals surface area contributed by atoms with Gasteiger partial charge in [0.05, 0.1) is 19.3 Å². The lowest BCUT2D eigenvalue weighted by molar-refractivity contribution is -0.171. The normalized spacial score (nSPS) is 23.1. The zero-order valence-corrected chi connectivity index (χ0v) is 12.8. The van der Waals surface area contributed by atoms with Gasteiger partial charge in [-0.2, -0.15) is 0 Å². The number of anilines is 1. The molecule has 0 radical (unpaired) electrons. The molecular formula is C17H25NO3. The monoisotopic (exact) mass is 291 g/mol. The molecule has 3 rings (SSSR count). The lowest BCUT2D eigenvalue weighted by Crippen LogP contribution is -2.52. The Hall–Kier alpha value is -1.10. The molecule has 0 aliphatic carbocycles. The van der Waals surface area contributed by atoms with Crippen LogP contribution in [0.15, 0.2) is 24.3 Å². The van der Waals surface area contributed by atoms with Crippen LogP contribution in [0.1, 0.15) is 24.8 Å². The predicted molar refractivity (Wildman–Crippen MR) is 82.7 cm³/mol. The van der Waals surface area contributed by atoms with E-state index in [0.29, 0.717) is 19.3 Å². The topological polar surface area (TPSA) is 30.9 Å². The van der Waals surface area contributed by atoms with Crippen LogP contribution in [0.5, 0.6) is 0 Å². The molecule has 0 spiro atoms. The molecule has 0 saturated carbocycles. The summed E-state index contributed by atoms with van der Waals surface area (Å²) in [5, 5.41) is 0. The first-order valence-electron chi connectivity index (χ1n) is 7.98. The van der Waals surface area contributed by atoms with E-state index in [1.165, 1.54) is 17.7 Å². The summed E-state index contributed by atoms with van der Waals surface area (Å²) in [5.74, 6) is 0. The average Bonchev–Trinajstić information content (AvgIpc) is 2.48. The number of ether oxygens (including phenoxy) is 3. The number of aryl methyl sites for hydroxylation is 1. The van der Waals surface area contributed by atoms with Gasteiger partial charge in [-0.25, -0.2) is 0 Å². The van der Waals surface area contributed by atoms with Crippen molar-refractivity contribution in [1.29, 1.82) is 0 Å². The highest BCUT2D eigenvalue weighted by Gasteiger charge is 2.27. The maximum Gasteiger partial charge on any atom is 0.157 e. The molecule has 0 bridgehead atoms. The van der Waals surface area contributed by atoms with Gasteiger partial charge in [0.25, 0.3) is 0 Å². The molecule has 0 aromatic heterocycles. The van der Waals surface area contributed by atoms with Crippen molar-refractivity contribution < 1.29 is 14.2 Å². The van der Waals surface area contributed by atoms with E-state index in [-0.39, 0.29) is 6.29 Å². The van der Waals surface area contributed by atoms with Crippen molar-refractivity contribution in [3.63, 3.8) is 0 Å². The smallest absolute Gasteiger partial charge is 0.157 e. The van der Waals surface area contributed by atoms with Crippen LogP contribution in [0.3, 0.4) is 0 Å². The fourth-order valence-corrected chi connectivity index (χ4v) is 2.75. The van der Waals surface area contributed by atoms with Gasteiger partial charge in [-0.1, -0.05) is 17.7 Å². The average molecular weight is 291 g/mol. The van der Waals surface area contributed by atoms with E-state index in [0.717, 1.165) is 32.5 Å². The largest absolute Gasteiger partial charge is 0.372 e. The molecule has 4 nitrogen and oxygen atoms in total. The van der Waals surface area contributed by atoms with Gasteiger partial charge in [0.15, 0.2) is 6.29 Å². The standard InChI is InChI=1S/C17H25NO3/c1-14-5-7-15(8-6-14)18-12-16(13-18)19-10-11-21-17-4-2-3-9-20-17/h5-8,16-17H,2-4,9-13H2,1H3. The van der Waals surface area contributed by atoms with Crippen LogP contribution >= 0.6 is 0 Å². The minimum Gasteiger partial charge on any atom is -0.372 e. The second-order valence-electron chi connectivity index (χ2n) is 5.90. The fourth-order valence-electron chi connectivity index (χ4n) is 2.75. The molecule has 1 aromatic rings. The fraction of sp³-hybridized carbons (Fsp3) is 0.647. The first-order valence-corrected chi connectivity index (χ1v) is 7.98. The molecule has 2 heterocycles. The molecule has 116 valence electrons. The highest BCUT2D eigenvalue weighted by molar-refractivity contribution is 5.50. The number of hydrogen-bond acceptors (Lipinski definition) is 4. The van der Waals surface area contributed by atoms with Crippen LogP contribution in [0.4, 0.5) is 5.69 Å². The lowest BCUT2D eigenvalue weighted by Gasteiger charge is -2.40. The van der Waals surface area contributed by atoms with Gasteiger partial charge in [-0.05, 0) is 38.3 Å². The Morgan fingerprint density at radius 1 is 1.10 bits per heavy atom. The van der Waals surface area contributed by atoms with E-state index >= 15 is 0 Å². The first kappa shape index (κ1) is 14.8. The van der Waals surface area contributed by atoms with Gasteiger partial charge < -0.3 is 19.1 Å². The van der Waals surface area contributed by atoms with Crippen molar-refractivity contribution in [1.82, 2.24) is 0 Å². The zero-order valence-electron chi connectivity index (χ0n) is 12.8. The third-order valence-corrected chi connectivity index (χ3v) is 4.13. The first-order chi connectivity index (χ1) is 10.3. The van der Waals surface area contributed by atoms with Gasteiger partial charge in [0.1, 0.15) is 0 Å². The predicted octanol–water partition coefficient (Wildman–Crippen LogP) is 2.74. The van der Waals surface area contributed by atoms with Crippen LogP contribution < -0.4 is 4.90 Å². The zero-order chi connectivity index (χ0) is 14.5. The van der Waals surface area contributed by atoms with E-state index in [1.54, 1.807) is 0 Å². The van der Waals surface area contributed by atoms with Gasteiger partial charge in [0.2, 0.25) is 0 Å². The maximum atomic E-state index is 5.82. The highest BCUT2D eigenvalue weighted by atomic mass is 16.7. The second kappa shape index (κ2) is 7.25. The van der Waals surface area contributed by atoms with E-state index in [1.807, 2.05) is 0 Å². The number of nitrogens with zero attached hydrogens (tertiary/aromatic N) is 1. The quantitative estimate of drug-likeness (QED) is 0.754. The number of hydrogen-bond donors (Lipinski definition) is 0. The van der Waals surface area contributed by atoms with E-state index in [2.05, 4.69) is 36.1 Å². The number of rotatable bonds is 6. The van der Waals surface area contributed by atoms with E-state index in [9.17, 15) is 0 Å². The molecule has 2 aliphatic heterocycles. The summed E-state index contributed by atoms with van der Waals surface area (Å²) in [6.45, 7) is 6.19. The van der Waals surface area contributed by atoms with Gasteiger partial charge >= 0.3 is 0 Å². The van der Waals surface area contributed by atoms with Crippen molar-refractivity contribution in [3.05, 3.63) is 29.8 Å². The number of benzene rings is 1. The van der Waals surface area contributed by atoms with Crippen LogP contribution in [-0.2, 0) is 14.2 Å². The van der Waals surface area contributed by atoms with Crippen LogP contribution in [0.2, 0.25) is 0 Å². The molecule has 1 atom stereocenters. The summed E-state index contributed by atoms with van der Waals surface area (Å²) < 4.78 is 17.0. The van der Waals surface area contributed by atoms with Crippen LogP contribution in [0.25, 0.3) is 0 Å². The van der Waals surface area contributed by atoms with Gasteiger partial charge in [-0.15, -0.1) is 0 Å². The summed E-state index contributed by atoms with van der Waals surface area (Å²) in [5.41, 5.74) is 2.58. The Kier molecular flexibility index (Phi) is 5.12. The minimum absolute atomic E-state index is 0.00667. The van der Waals surface area contributed by atoms with Crippen molar-refractivity contribution in [2.24, 2.45) is 0 Å². The highest BCUT2D eigenvalue weighted by Crippen LogP contribution is 2.22. The summed E-state index contributed by atoms with van der Waals surface area (Å²) in [7, 11) is 0. The molecule has 2 fully saturated rings. The molecule has 0 N–H and O–H groups in total. The Balaban J connectivity index is 1.28. The van der Waals surface area contributed by atoms with Crippen molar-refractivity contribution in [3.8, 4) is 0 Å². The molecule has 4 heteroatoms. The van der Waals surface area contributed by atoms with Crippen LogP contribution in [-0.4, -0.2) is 45.3 Å². The molecule has 1 aromatic carbocycles. The third-order valence-electron chi connectivity index (χ3n) is 4.13. The Labute approximate surface area is 127 Å². The van der Waals surface area contributed by atoms with Crippen molar-refractivity contribution in [2.75, 3.05) is 37.8 Å². The van der Waals surface area contributed by atoms with Gasteiger partial charge in [-0.3, -0.25) is 0 Å². The lowest BCUT2D eigenvalue weighted by atomic mass is 10.1.